The average Bonchev–Trinajstić information content (AvgIpc) is 3.20. The monoisotopic (exact) mass is 429 g/mol. The van der Waals surface area contributed by atoms with E-state index in [0.717, 1.165) is 22.8 Å². The average molecular weight is 429 g/mol. The molecule has 1 aromatic heterocycles. The predicted octanol–water partition coefficient (Wildman–Crippen LogP) is 3.31. The van der Waals surface area contributed by atoms with E-state index in [1.54, 1.807) is 32.4 Å². The van der Waals surface area contributed by atoms with E-state index in [4.69, 9.17) is 18.9 Å². The summed E-state index contributed by atoms with van der Waals surface area (Å²) in [6.45, 7) is 0.855. The van der Waals surface area contributed by atoms with E-state index in [-0.39, 0.29) is 5.91 Å². The van der Waals surface area contributed by atoms with Crippen LogP contribution in [0.4, 0.5) is 0 Å². The SMILES string of the molecule is COCCNC(=O)c1ccc(OC)c(Oc2nc(Cc3cccc(OC)c3)ns2)c1. The van der Waals surface area contributed by atoms with Gasteiger partial charge in [0.2, 0.25) is 0 Å². The molecule has 0 fully saturated rings. The molecule has 30 heavy (non-hydrogen) atoms. The van der Waals surface area contributed by atoms with Crippen LogP contribution in [0, 0.1) is 0 Å². The number of amides is 1. The van der Waals surface area contributed by atoms with Crippen LogP contribution in [-0.2, 0) is 11.2 Å². The lowest BCUT2D eigenvalue weighted by molar-refractivity contribution is 0.0936. The minimum atomic E-state index is -0.226. The van der Waals surface area contributed by atoms with E-state index in [9.17, 15) is 4.79 Å². The van der Waals surface area contributed by atoms with Crippen LogP contribution in [0.2, 0.25) is 0 Å². The number of rotatable bonds is 10. The Balaban J connectivity index is 1.72. The van der Waals surface area contributed by atoms with Crippen molar-refractivity contribution in [3.63, 3.8) is 0 Å². The normalized spacial score (nSPS) is 10.5. The molecular weight excluding hydrogens is 406 g/mol. The molecular formula is C21H23N3O5S. The topological polar surface area (TPSA) is 91.8 Å². The molecule has 1 amide bonds. The van der Waals surface area contributed by atoms with Crippen LogP contribution >= 0.6 is 11.5 Å². The third-order valence-corrected chi connectivity index (χ3v) is 4.79. The predicted molar refractivity (Wildman–Crippen MR) is 113 cm³/mol. The van der Waals surface area contributed by atoms with E-state index >= 15 is 0 Å². The van der Waals surface area contributed by atoms with Gasteiger partial charge in [-0.3, -0.25) is 4.79 Å². The second-order valence-electron chi connectivity index (χ2n) is 6.22. The van der Waals surface area contributed by atoms with Crippen LogP contribution in [0.15, 0.2) is 42.5 Å². The lowest BCUT2D eigenvalue weighted by Gasteiger charge is -2.10. The minimum Gasteiger partial charge on any atom is -0.497 e. The summed E-state index contributed by atoms with van der Waals surface area (Å²) < 4.78 is 25.8. The highest BCUT2D eigenvalue weighted by atomic mass is 32.1. The van der Waals surface area contributed by atoms with Gasteiger partial charge in [0.15, 0.2) is 17.3 Å². The third kappa shape index (κ3) is 5.68. The first-order valence-corrected chi connectivity index (χ1v) is 9.99. The molecule has 0 unspecified atom stereocenters. The molecule has 3 aromatic rings. The van der Waals surface area contributed by atoms with Crippen molar-refractivity contribution in [2.75, 3.05) is 34.5 Å². The zero-order chi connectivity index (χ0) is 21.3. The van der Waals surface area contributed by atoms with Gasteiger partial charge in [-0.05, 0) is 35.9 Å². The molecule has 0 atom stereocenters. The molecule has 1 heterocycles. The van der Waals surface area contributed by atoms with Gasteiger partial charge in [-0.1, -0.05) is 12.1 Å². The molecule has 0 bridgehead atoms. The number of hydrogen-bond donors (Lipinski definition) is 1. The molecule has 0 saturated carbocycles. The summed E-state index contributed by atoms with van der Waals surface area (Å²) in [5, 5.41) is 3.14. The quantitative estimate of drug-likeness (QED) is 0.494. The summed E-state index contributed by atoms with van der Waals surface area (Å²) in [7, 11) is 4.75. The second-order valence-corrected chi connectivity index (χ2v) is 6.94. The first kappa shape index (κ1) is 21.5. The van der Waals surface area contributed by atoms with Crippen molar-refractivity contribution in [3.05, 3.63) is 59.4 Å². The van der Waals surface area contributed by atoms with Crippen molar-refractivity contribution >= 4 is 17.4 Å². The molecule has 0 radical (unpaired) electrons. The maximum atomic E-state index is 12.3. The van der Waals surface area contributed by atoms with Crippen LogP contribution in [0.25, 0.3) is 0 Å². The maximum Gasteiger partial charge on any atom is 0.298 e. The number of ether oxygens (including phenoxy) is 4. The molecule has 2 aromatic carbocycles. The van der Waals surface area contributed by atoms with E-state index in [2.05, 4.69) is 14.7 Å². The van der Waals surface area contributed by atoms with Gasteiger partial charge in [-0.2, -0.15) is 9.36 Å². The molecule has 0 saturated heterocycles. The van der Waals surface area contributed by atoms with Crippen LogP contribution in [-0.4, -0.2) is 49.7 Å². The Morgan fingerprint density at radius 2 is 1.93 bits per heavy atom. The van der Waals surface area contributed by atoms with E-state index in [1.165, 1.54) is 7.11 Å². The highest BCUT2D eigenvalue weighted by Gasteiger charge is 2.14. The van der Waals surface area contributed by atoms with Crippen LogP contribution < -0.4 is 19.5 Å². The Kier molecular flexibility index (Phi) is 7.58. The lowest BCUT2D eigenvalue weighted by atomic mass is 10.1. The molecule has 0 spiro atoms. The van der Waals surface area contributed by atoms with Crippen molar-refractivity contribution in [1.82, 2.24) is 14.7 Å². The number of aromatic nitrogens is 2. The summed E-state index contributed by atoms with van der Waals surface area (Å²) in [5.41, 5.74) is 1.48. The zero-order valence-corrected chi connectivity index (χ0v) is 17.8. The highest BCUT2D eigenvalue weighted by molar-refractivity contribution is 7.07. The lowest BCUT2D eigenvalue weighted by Crippen LogP contribution is -2.26. The van der Waals surface area contributed by atoms with Gasteiger partial charge in [-0.15, -0.1) is 0 Å². The molecule has 8 nitrogen and oxygen atoms in total. The largest absolute Gasteiger partial charge is 0.497 e. The first-order chi connectivity index (χ1) is 14.6. The van der Waals surface area contributed by atoms with Crippen molar-refractivity contribution < 1.29 is 23.7 Å². The van der Waals surface area contributed by atoms with E-state index in [0.29, 0.717) is 47.7 Å². The molecule has 3 rings (SSSR count). The van der Waals surface area contributed by atoms with Gasteiger partial charge in [0, 0.05) is 37.2 Å². The first-order valence-electron chi connectivity index (χ1n) is 9.21. The number of carbonyl (C=O) groups excluding carboxylic acids is 1. The Bertz CT molecular complexity index is 992. The summed E-state index contributed by atoms with van der Waals surface area (Å²) in [5.74, 6) is 2.07. The van der Waals surface area contributed by atoms with Crippen molar-refractivity contribution in [1.29, 1.82) is 0 Å². The molecule has 158 valence electrons. The number of methoxy groups -OCH3 is 3. The Morgan fingerprint density at radius 1 is 1.07 bits per heavy atom. The van der Waals surface area contributed by atoms with Gasteiger partial charge in [0.05, 0.1) is 20.8 Å². The zero-order valence-electron chi connectivity index (χ0n) is 17.0. The van der Waals surface area contributed by atoms with Crippen LogP contribution in [0.3, 0.4) is 0 Å². The summed E-state index contributed by atoms with van der Waals surface area (Å²) >= 11 is 1.14. The van der Waals surface area contributed by atoms with Crippen molar-refractivity contribution in [3.8, 4) is 22.4 Å². The maximum absolute atomic E-state index is 12.3. The standard InChI is InChI=1S/C21H23N3O5S/c1-26-10-9-22-20(25)15-7-8-17(28-3)18(13-15)29-21-23-19(24-30-21)12-14-5-4-6-16(11-14)27-2/h4-8,11,13H,9-10,12H2,1-3H3,(H,22,25). The fourth-order valence-electron chi connectivity index (χ4n) is 2.68. The number of nitrogens with zero attached hydrogens (tertiary/aromatic N) is 2. The number of hydrogen-bond acceptors (Lipinski definition) is 8. The number of nitrogens with one attached hydrogen (secondary N) is 1. The summed E-state index contributed by atoms with van der Waals surface area (Å²) in [6.07, 6.45) is 0.552. The van der Waals surface area contributed by atoms with Gasteiger partial charge >= 0.3 is 0 Å². The molecule has 0 aliphatic rings. The van der Waals surface area contributed by atoms with Crippen molar-refractivity contribution in [2.45, 2.75) is 6.42 Å². The Hall–Kier alpha value is -3.17. The smallest absolute Gasteiger partial charge is 0.298 e. The molecule has 9 heteroatoms. The van der Waals surface area contributed by atoms with E-state index in [1.807, 2.05) is 24.3 Å². The fourth-order valence-corrected chi connectivity index (χ4v) is 3.24. The van der Waals surface area contributed by atoms with Gasteiger partial charge < -0.3 is 24.3 Å². The van der Waals surface area contributed by atoms with Gasteiger partial charge in [0.25, 0.3) is 11.1 Å². The van der Waals surface area contributed by atoms with Crippen LogP contribution in [0.1, 0.15) is 21.7 Å². The van der Waals surface area contributed by atoms with Gasteiger partial charge in [0.1, 0.15) is 5.75 Å². The number of carbonyl (C=O) groups is 1. The minimum absolute atomic E-state index is 0.226. The number of benzene rings is 2. The van der Waals surface area contributed by atoms with Gasteiger partial charge in [-0.25, -0.2) is 0 Å². The molecule has 0 aliphatic heterocycles. The van der Waals surface area contributed by atoms with E-state index < -0.39 is 0 Å². The molecule has 1 N–H and O–H groups in total. The summed E-state index contributed by atoms with van der Waals surface area (Å²) in [6, 6.07) is 12.7. The summed E-state index contributed by atoms with van der Waals surface area (Å²) in [4.78, 5) is 16.7. The third-order valence-electron chi connectivity index (χ3n) is 4.16. The van der Waals surface area contributed by atoms with Crippen LogP contribution in [0.5, 0.6) is 22.4 Å². The fraction of sp³-hybridized carbons (Fsp3) is 0.286. The van der Waals surface area contributed by atoms with Crippen molar-refractivity contribution in [2.24, 2.45) is 0 Å². The highest BCUT2D eigenvalue weighted by Crippen LogP contribution is 2.33. The molecule has 0 aliphatic carbocycles. The second kappa shape index (κ2) is 10.6. The Labute approximate surface area is 178 Å². The Morgan fingerprint density at radius 3 is 2.70 bits per heavy atom.